The largest absolute Gasteiger partial charge is 0.467 e. The maximum atomic E-state index is 12.8. The number of rotatable bonds is 7. The van der Waals surface area contributed by atoms with Crippen LogP contribution in [0.15, 0.2) is 71.3 Å². The highest BCUT2D eigenvalue weighted by Crippen LogP contribution is 2.25. The molecular weight excluding hydrogens is 398 g/mol. The number of carbonyl (C=O) groups excluding carboxylic acids is 4. The second-order valence-corrected chi connectivity index (χ2v) is 6.98. The minimum Gasteiger partial charge on any atom is -0.467 e. The molecule has 0 spiro atoms. The van der Waals surface area contributed by atoms with Crippen LogP contribution in [0.1, 0.15) is 42.4 Å². The number of fused-ring (bicyclic) bond motifs is 1. The van der Waals surface area contributed by atoms with Crippen molar-refractivity contribution in [1.29, 1.82) is 0 Å². The average Bonchev–Trinajstić information content (AvgIpc) is 3.39. The zero-order valence-corrected chi connectivity index (χ0v) is 16.5. The number of furan rings is 1. The minimum absolute atomic E-state index is 0.157. The van der Waals surface area contributed by atoms with Crippen molar-refractivity contribution in [2.24, 2.45) is 0 Å². The Morgan fingerprint density at radius 3 is 2.39 bits per heavy atom. The summed E-state index contributed by atoms with van der Waals surface area (Å²) in [6.07, 6.45) is 1.50. The average molecular weight is 417 g/mol. The molecule has 31 heavy (non-hydrogen) atoms. The van der Waals surface area contributed by atoms with Crippen LogP contribution < -0.4 is 10.6 Å². The van der Waals surface area contributed by atoms with E-state index in [2.05, 4.69) is 10.6 Å². The van der Waals surface area contributed by atoms with Crippen molar-refractivity contribution in [1.82, 2.24) is 15.5 Å². The lowest BCUT2D eigenvalue weighted by molar-refractivity contribution is -0.120. The molecule has 0 bridgehead atoms. The molecule has 0 saturated carbocycles. The molecule has 2 N–H and O–H groups in total. The smallest absolute Gasteiger partial charge is 0.261 e. The molecule has 3 aromatic rings. The number of nitrogens with one attached hydrogen (secondary N) is 2. The first kappa shape index (κ1) is 20.1. The molecule has 1 aliphatic heterocycles. The lowest BCUT2D eigenvalue weighted by atomic mass is 10.1. The molecule has 156 valence electrons. The fraction of sp³-hybridized carbons (Fsp3) is 0.130. The molecule has 2 heterocycles. The molecule has 0 fully saturated rings. The zero-order chi connectivity index (χ0) is 21.8. The van der Waals surface area contributed by atoms with E-state index in [1.165, 1.54) is 24.5 Å². The quantitative estimate of drug-likeness (QED) is 0.573. The van der Waals surface area contributed by atoms with Gasteiger partial charge in [0, 0.05) is 5.56 Å². The molecule has 0 radical (unpaired) electrons. The summed E-state index contributed by atoms with van der Waals surface area (Å²) in [5.41, 5.74) is 1.46. The number of carbonyl (C=O) groups is 4. The number of amides is 4. The SMILES string of the molecule is O=C(CNC(=O)c1ccc2c(c1)C(=O)N(Cc1ccccc1)C2=O)NCc1ccco1. The van der Waals surface area contributed by atoms with E-state index in [4.69, 9.17) is 4.42 Å². The van der Waals surface area contributed by atoms with Crippen LogP contribution in [0, 0.1) is 0 Å². The van der Waals surface area contributed by atoms with Crippen molar-refractivity contribution >= 4 is 23.6 Å². The first-order valence-corrected chi connectivity index (χ1v) is 9.64. The summed E-state index contributed by atoms with van der Waals surface area (Å²) in [7, 11) is 0. The molecule has 1 aliphatic rings. The van der Waals surface area contributed by atoms with E-state index >= 15 is 0 Å². The maximum absolute atomic E-state index is 12.8. The third-order valence-electron chi connectivity index (χ3n) is 4.87. The molecule has 0 atom stereocenters. The van der Waals surface area contributed by atoms with Crippen molar-refractivity contribution < 1.29 is 23.6 Å². The highest BCUT2D eigenvalue weighted by atomic mass is 16.3. The summed E-state index contributed by atoms with van der Waals surface area (Å²) >= 11 is 0. The molecule has 8 heteroatoms. The number of hydrogen-bond acceptors (Lipinski definition) is 5. The van der Waals surface area contributed by atoms with Crippen LogP contribution >= 0.6 is 0 Å². The van der Waals surface area contributed by atoms with Crippen molar-refractivity contribution in [3.05, 3.63) is 94.9 Å². The number of benzene rings is 2. The van der Waals surface area contributed by atoms with Crippen molar-refractivity contribution in [2.45, 2.75) is 13.1 Å². The molecular formula is C23H19N3O5. The van der Waals surface area contributed by atoms with Gasteiger partial charge in [0.25, 0.3) is 17.7 Å². The van der Waals surface area contributed by atoms with Gasteiger partial charge in [-0.15, -0.1) is 0 Å². The van der Waals surface area contributed by atoms with E-state index in [0.29, 0.717) is 5.76 Å². The third kappa shape index (κ3) is 4.37. The first-order valence-electron chi connectivity index (χ1n) is 9.64. The number of imide groups is 1. The third-order valence-corrected chi connectivity index (χ3v) is 4.87. The molecule has 2 aromatic carbocycles. The van der Waals surface area contributed by atoms with Crippen LogP contribution in [0.2, 0.25) is 0 Å². The number of nitrogens with zero attached hydrogens (tertiary/aromatic N) is 1. The van der Waals surface area contributed by atoms with Gasteiger partial charge in [-0.2, -0.15) is 0 Å². The van der Waals surface area contributed by atoms with E-state index in [0.717, 1.165) is 10.5 Å². The lowest BCUT2D eigenvalue weighted by Crippen LogP contribution is -2.36. The first-order chi connectivity index (χ1) is 15.0. The topological polar surface area (TPSA) is 109 Å². The predicted molar refractivity (Wildman–Crippen MR) is 110 cm³/mol. The van der Waals surface area contributed by atoms with Crippen molar-refractivity contribution in [3.8, 4) is 0 Å². The maximum Gasteiger partial charge on any atom is 0.261 e. The fourth-order valence-corrected chi connectivity index (χ4v) is 3.27. The summed E-state index contributed by atoms with van der Waals surface area (Å²) in [6.45, 7) is 0.141. The monoisotopic (exact) mass is 417 g/mol. The fourth-order valence-electron chi connectivity index (χ4n) is 3.27. The van der Waals surface area contributed by atoms with E-state index in [1.54, 1.807) is 12.1 Å². The summed E-state index contributed by atoms with van der Waals surface area (Å²) in [6, 6.07) is 16.9. The van der Waals surface area contributed by atoms with Crippen LogP contribution in [0.5, 0.6) is 0 Å². The van der Waals surface area contributed by atoms with E-state index < -0.39 is 17.7 Å². The Bertz CT molecular complexity index is 1140. The van der Waals surface area contributed by atoms with Crippen LogP contribution in [0.4, 0.5) is 0 Å². The highest BCUT2D eigenvalue weighted by molar-refractivity contribution is 6.22. The standard InChI is InChI=1S/C23H19N3O5/c27-20(24-12-17-7-4-10-31-17)13-25-21(28)16-8-9-18-19(11-16)23(30)26(22(18)29)14-15-5-2-1-3-6-15/h1-11H,12-14H2,(H,24,27)(H,25,28). The molecule has 0 unspecified atom stereocenters. The van der Waals surface area contributed by atoms with Crippen LogP contribution in [0.25, 0.3) is 0 Å². The van der Waals surface area contributed by atoms with Crippen LogP contribution in [-0.2, 0) is 17.9 Å². The van der Waals surface area contributed by atoms with Gasteiger partial charge in [-0.05, 0) is 35.9 Å². The Morgan fingerprint density at radius 2 is 1.65 bits per heavy atom. The summed E-state index contributed by atoms with van der Waals surface area (Å²) in [4.78, 5) is 50.9. The van der Waals surface area contributed by atoms with E-state index in [9.17, 15) is 19.2 Å². The minimum atomic E-state index is -0.516. The Balaban J connectivity index is 1.38. The Kier molecular flexibility index (Phi) is 5.61. The van der Waals surface area contributed by atoms with Gasteiger partial charge in [-0.3, -0.25) is 24.1 Å². The van der Waals surface area contributed by atoms with E-state index in [-0.39, 0.29) is 42.2 Å². The molecule has 8 nitrogen and oxygen atoms in total. The van der Waals surface area contributed by atoms with E-state index in [1.807, 2.05) is 30.3 Å². The highest BCUT2D eigenvalue weighted by Gasteiger charge is 2.36. The lowest BCUT2D eigenvalue weighted by Gasteiger charge is -2.13. The second kappa shape index (κ2) is 8.66. The summed E-state index contributed by atoms with van der Waals surface area (Å²) < 4.78 is 5.12. The van der Waals surface area contributed by atoms with Gasteiger partial charge in [-0.25, -0.2) is 0 Å². The van der Waals surface area contributed by atoms with Gasteiger partial charge in [0.05, 0.1) is 37.0 Å². The molecule has 0 saturated heterocycles. The van der Waals surface area contributed by atoms with Gasteiger partial charge in [0.2, 0.25) is 5.91 Å². The predicted octanol–water partition coefficient (Wildman–Crippen LogP) is 2.12. The van der Waals surface area contributed by atoms with Gasteiger partial charge < -0.3 is 15.1 Å². The van der Waals surface area contributed by atoms with Gasteiger partial charge >= 0.3 is 0 Å². The molecule has 0 aliphatic carbocycles. The molecule has 4 rings (SSSR count). The number of hydrogen-bond donors (Lipinski definition) is 2. The summed E-state index contributed by atoms with van der Waals surface area (Å²) in [5, 5.41) is 5.13. The van der Waals surface area contributed by atoms with Gasteiger partial charge in [0.15, 0.2) is 0 Å². The molecule has 1 aromatic heterocycles. The second-order valence-electron chi connectivity index (χ2n) is 6.98. The van der Waals surface area contributed by atoms with Gasteiger partial charge in [0.1, 0.15) is 5.76 Å². The summed E-state index contributed by atoms with van der Waals surface area (Å²) in [5.74, 6) is -1.15. The van der Waals surface area contributed by atoms with Crippen molar-refractivity contribution in [3.63, 3.8) is 0 Å². The normalized spacial score (nSPS) is 12.6. The van der Waals surface area contributed by atoms with Crippen LogP contribution in [-0.4, -0.2) is 35.1 Å². The molecule has 4 amide bonds. The zero-order valence-electron chi connectivity index (χ0n) is 16.5. The van der Waals surface area contributed by atoms with Crippen LogP contribution in [0.3, 0.4) is 0 Å². The Morgan fingerprint density at radius 1 is 0.871 bits per heavy atom. The van der Waals surface area contributed by atoms with Crippen molar-refractivity contribution in [2.75, 3.05) is 6.54 Å². The Hall–Kier alpha value is -4.20. The Labute approximate surface area is 177 Å². The van der Waals surface area contributed by atoms with Gasteiger partial charge in [-0.1, -0.05) is 30.3 Å².